The van der Waals surface area contributed by atoms with Crippen molar-refractivity contribution in [1.29, 1.82) is 0 Å². The summed E-state index contributed by atoms with van der Waals surface area (Å²) in [5.74, 6) is 1.69. The van der Waals surface area contributed by atoms with Crippen LogP contribution in [0.3, 0.4) is 0 Å². The first kappa shape index (κ1) is 13.0. The van der Waals surface area contributed by atoms with Crippen molar-refractivity contribution in [2.24, 2.45) is 0 Å². The second-order valence-corrected chi connectivity index (χ2v) is 4.47. The first-order valence-electron chi connectivity index (χ1n) is 6.08. The van der Waals surface area contributed by atoms with E-state index in [-0.39, 0.29) is 6.04 Å². The van der Waals surface area contributed by atoms with Crippen LogP contribution in [0.1, 0.15) is 23.7 Å². The highest BCUT2D eigenvalue weighted by atomic mass is 16.4. The van der Waals surface area contributed by atoms with Crippen LogP contribution < -0.4 is 5.32 Å². The van der Waals surface area contributed by atoms with Crippen LogP contribution in [0.15, 0.2) is 36.4 Å². The summed E-state index contributed by atoms with van der Waals surface area (Å²) in [6, 6.07) is 11.0. The minimum atomic E-state index is -0.917. The van der Waals surface area contributed by atoms with Gasteiger partial charge in [-0.05, 0) is 24.4 Å². The molecule has 0 aliphatic carbocycles. The molecule has 0 aliphatic heterocycles. The van der Waals surface area contributed by atoms with Crippen molar-refractivity contribution in [2.75, 3.05) is 5.32 Å². The summed E-state index contributed by atoms with van der Waals surface area (Å²) in [5.41, 5.74) is 1.22. The van der Waals surface area contributed by atoms with Crippen molar-refractivity contribution in [3.05, 3.63) is 42.0 Å². The Kier molecular flexibility index (Phi) is 3.72. The molecule has 96 valence electrons. The zero-order valence-corrected chi connectivity index (χ0v) is 10.7. The number of benzene rings is 2. The molecule has 0 saturated carbocycles. The molecule has 0 aromatic heterocycles. The van der Waals surface area contributed by atoms with Crippen molar-refractivity contribution >= 4 is 22.4 Å². The quantitative estimate of drug-likeness (QED) is 0.821. The smallest absolute Gasteiger partial charge is 0.336 e. The summed E-state index contributed by atoms with van der Waals surface area (Å²) in [7, 11) is 0. The fourth-order valence-corrected chi connectivity index (χ4v) is 2.10. The molecular formula is C16H15NO2. The molecule has 3 heteroatoms. The van der Waals surface area contributed by atoms with E-state index in [1.54, 1.807) is 12.1 Å². The van der Waals surface area contributed by atoms with Crippen molar-refractivity contribution in [1.82, 2.24) is 0 Å². The molecule has 0 heterocycles. The van der Waals surface area contributed by atoms with E-state index in [9.17, 15) is 9.90 Å². The molecule has 2 aromatic carbocycles. The number of carbonyl (C=O) groups is 1. The summed E-state index contributed by atoms with van der Waals surface area (Å²) in [6.07, 6.45) is 5.91. The first-order valence-corrected chi connectivity index (χ1v) is 6.08. The average molecular weight is 253 g/mol. The van der Waals surface area contributed by atoms with Gasteiger partial charge in [-0.15, -0.1) is 12.3 Å². The Morgan fingerprint density at radius 3 is 2.63 bits per heavy atom. The Hall–Kier alpha value is -2.47. The monoisotopic (exact) mass is 253 g/mol. The van der Waals surface area contributed by atoms with Gasteiger partial charge in [-0.25, -0.2) is 4.79 Å². The standard InChI is InChI=1S/C16H15NO2/c1-3-6-11(2)17-15-10-9-14(16(18)19)12-7-4-5-8-13(12)15/h1,4-5,7-11,17H,6H2,2H3,(H,18,19). The van der Waals surface area contributed by atoms with Gasteiger partial charge in [0.15, 0.2) is 0 Å². The summed E-state index contributed by atoms with van der Waals surface area (Å²) >= 11 is 0. The Morgan fingerprint density at radius 2 is 2.00 bits per heavy atom. The number of terminal acetylenes is 1. The van der Waals surface area contributed by atoms with Gasteiger partial charge in [-0.2, -0.15) is 0 Å². The van der Waals surface area contributed by atoms with Gasteiger partial charge in [0.1, 0.15) is 0 Å². The Balaban J connectivity index is 2.50. The molecule has 2 aromatic rings. The van der Waals surface area contributed by atoms with Crippen LogP contribution in [0.2, 0.25) is 0 Å². The van der Waals surface area contributed by atoms with Gasteiger partial charge in [0.05, 0.1) is 5.56 Å². The summed E-state index contributed by atoms with van der Waals surface area (Å²) in [5, 5.41) is 14.1. The van der Waals surface area contributed by atoms with Gasteiger partial charge < -0.3 is 10.4 Å². The van der Waals surface area contributed by atoms with Crippen LogP contribution in [0.4, 0.5) is 5.69 Å². The molecule has 0 bridgehead atoms. The fraction of sp³-hybridized carbons (Fsp3) is 0.188. The van der Waals surface area contributed by atoms with Gasteiger partial charge in [-0.1, -0.05) is 24.3 Å². The number of aromatic carboxylic acids is 1. The van der Waals surface area contributed by atoms with Gasteiger partial charge in [0.25, 0.3) is 0 Å². The molecule has 0 spiro atoms. The number of anilines is 1. The van der Waals surface area contributed by atoms with E-state index in [4.69, 9.17) is 6.42 Å². The van der Waals surface area contributed by atoms with E-state index in [0.29, 0.717) is 12.0 Å². The van der Waals surface area contributed by atoms with Crippen LogP contribution in [-0.2, 0) is 0 Å². The van der Waals surface area contributed by atoms with Gasteiger partial charge in [-0.3, -0.25) is 0 Å². The highest BCUT2D eigenvalue weighted by Crippen LogP contribution is 2.27. The molecule has 0 amide bonds. The molecule has 2 N–H and O–H groups in total. The minimum Gasteiger partial charge on any atom is -0.478 e. The maximum atomic E-state index is 11.2. The van der Waals surface area contributed by atoms with E-state index < -0.39 is 5.97 Å². The summed E-state index contributed by atoms with van der Waals surface area (Å²) < 4.78 is 0. The molecule has 2 rings (SSSR count). The molecular weight excluding hydrogens is 238 g/mol. The number of nitrogens with one attached hydrogen (secondary N) is 1. The normalized spacial score (nSPS) is 11.8. The molecule has 3 nitrogen and oxygen atoms in total. The molecule has 0 radical (unpaired) electrons. The lowest BCUT2D eigenvalue weighted by Gasteiger charge is -2.15. The third kappa shape index (κ3) is 2.69. The predicted octanol–water partition coefficient (Wildman–Crippen LogP) is 3.36. The lowest BCUT2D eigenvalue weighted by atomic mass is 10.0. The predicted molar refractivity (Wildman–Crippen MR) is 77.4 cm³/mol. The number of fused-ring (bicyclic) bond motifs is 1. The fourth-order valence-electron chi connectivity index (χ4n) is 2.10. The van der Waals surface area contributed by atoms with Crippen LogP contribution >= 0.6 is 0 Å². The van der Waals surface area contributed by atoms with Crippen LogP contribution in [0.25, 0.3) is 10.8 Å². The molecule has 19 heavy (non-hydrogen) atoms. The van der Waals surface area contributed by atoms with E-state index in [2.05, 4.69) is 11.2 Å². The second kappa shape index (κ2) is 5.45. The lowest BCUT2D eigenvalue weighted by molar-refractivity contribution is 0.0699. The second-order valence-electron chi connectivity index (χ2n) is 4.47. The number of carboxylic acids is 1. The van der Waals surface area contributed by atoms with E-state index in [1.165, 1.54) is 0 Å². The molecule has 0 saturated heterocycles. The third-order valence-corrected chi connectivity index (χ3v) is 2.98. The van der Waals surface area contributed by atoms with Gasteiger partial charge in [0.2, 0.25) is 0 Å². The zero-order chi connectivity index (χ0) is 13.8. The maximum absolute atomic E-state index is 11.2. The number of hydrogen-bond acceptors (Lipinski definition) is 2. The Labute approximate surface area is 112 Å². The number of carboxylic acid groups (broad SMARTS) is 1. The molecule has 1 atom stereocenters. The van der Waals surface area contributed by atoms with Gasteiger partial charge in [0, 0.05) is 23.5 Å². The SMILES string of the molecule is C#CCC(C)Nc1ccc(C(=O)O)c2ccccc12. The van der Waals surface area contributed by atoms with Crippen molar-refractivity contribution in [3.8, 4) is 12.3 Å². The Bertz CT molecular complexity index is 655. The van der Waals surface area contributed by atoms with Gasteiger partial charge >= 0.3 is 5.97 Å². The van der Waals surface area contributed by atoms with Crippen LogP contribution in [0.5, 0.6) is 0 Å². The molecule has 0 fully saturated rings. The lowest BCUT2D eigenvalue weighted by Crippen LogP contribution is -2.14. The van der Waals surface area contributed by atoms with Crippen molar-refractivity contribution in [3.63, 3.8) is 0 Å². The molecule has 1 unspecified atom stereocenters. The maximum Gasteiger partial charge on any atom is 0.336 e. The van der Waals surface area contributed by atoms with Crippen LogP contribution in [0, 0.1) is 12.3 Å². The highest BCUT2D eigenvalue weighted by molar-refractivity contribution is 6.07. The highest BCUT2D eigenvalue weighted by Gasteiger charge is 2.11. The minimum absolute atomic E-state index is 0.143. The average Bonchev–Trinajstić information content (AvgIpc) is 2.39. The Morgan fingerprint density at radius 1 is 1.32 bits per heavy atom. The van der Waals surface area contributed by atoms with Crippen molar-refractivity contribution < 1.29 is 9.90 Å². The first-order chi connectivity index (χ1) is 9.13. The van der Waals surface area contributed by atoms with E-state index in [0.717, 1.165) is 16.5 Å². The van der Waals surface area contributed by atoms with Crippen molar-refractivity contribution in [2.45, 2.75) is 19.4 Å². The summed E-state index contributed by atoms with van der Waals surface area (Å²) in [6.45, 7) is 2.00. The van der Waals surface area contributed by atoms with E-state index in [1.807, 2.05) is 31.2 Å². The topological polar surface area (TPSA) is 49.3 Å². The third-order valence-electron chi connectivity index (χ3n) is 2.98. The number of hydrogen-bond donors (Lipinski definition) is 2. The number of rotatable bonds is 4. The molecule has 0 aliphatic rings. The van der Waals surface area contributed by atoms with Crippen LogP contribution in [-0.4, -0.2) is 17.1 Å². The van der Waals surface area contributed by atoms with E-state index >= 15 is 0 Å². The largest absolute Gasteiger partial charge is 0.478 e. The summed E-state index contributed by atoms with van der Waals surface area (Å²) in [4.78, 5) is 11.2. The zero-order valence-electron chi connectivity index (χ0n) is 10.7.